The number of aromatic hydroxyl groups is 2. The number of hydrogen-bond donors (Lipinski definition) is 2. The van der Waals surface area contributed by atoms with E-state index >= 15 is 0 Å². The van der Waals surface area contributed by atoms with Crippen molar-refractivity contribution in [3.63, 3.8) is 0 Å². The average Bonchev–Trinajstić information content (AvgIpc) is 2.10. The summed E-state index contributed by atoms with van der Waals surface area (Å²) < 4.78 is 17.0. The van der Waals surface area contributed by atoms with Crippen LogP contribution in [0.5, 0.6) is 11.5 Å². The summed E-state index contributed by atoms with van der Waals surface area (Å²) in [6, 6.07) is 1.44. The van der Waals surface area contributed by atoms with E-state index in [-0.39, 0.29) is 5.56 Å². The Balaban J connectivity index is 3.23. The number of carbonyl (C=O) groups is 1. The number of phenols is 2. The van der Waals surface area contributed by atoms with Crippen molar-refractivity contribution < 1.29 is 24.1 Å². The van der Waals surface area contributed by atoms with Crippen LogP contribution in [0.25, 0.3) is 0 Å². The number of esters is 1. The topological polar surface area (TPSA) is 66.8 Å². The number of rotatable bonds is 1. The molecule has 2 N–H and O–H groups in total. The van der Waals surface area contributed by atoms with Crippen LogP contribution in [0.2, 0.25) is 0 Å². The third-order valence-corrected chi connectivity index (χ3v) is 1.47. The summed E-state index contributed by atoms with van der Waals surface area (Å²) in [5.74, 6) is -3.09. The first-order valence-electron chi connectivity index (χ1n) is 3.36. The number of benzene rings is 1. The Morgan fingerprint density at radius 3 is 2.54 bits per heavy atom. The summed E-state index contributed by atoms with van der Waals surface area (Å²) in [4.78, 5) is 10.9. The summed E-state index contributed by atoms with van der Waals surface area (Å²) in [7, 11) is 1.10. The predicted molar refractivity (Wildman–Crippen MR) is 41.1 cm³/mol. The molecule has 0 bridgehead atoms. The maximum atomic E-state index is 12.7. The Morgan fingerprint density at radius 2 is 2.00 bits per heavy atom. The minimum atomic E-state index is -0.988. The standard InChI is InChI=1S/C8H7FO4/c1-13-8(12)4-2-5(9)7(11)3-6(4)10/h2-3,10-11H,1H3. The van der Waals surface area contributed by atoms with E-state index in [4.69, 9.17) is 10.2 Å². The van der Waals surface area contributed by atoms with E-state index in [1.807, 2.05) is 0 Å². The largest absolute Gasteiger partial charge is 0.507 e. The third-order valence-electron chi connectivity index (χ3n) is 1.47. The van der Waals surface area contributed by atoms with Crippen LogP contribution in [0.1, 0.15) is 10.4 Å². The molecule has 0 saturated heterocycles. The van der Waals surface area contributed by atoms with Crippen LogP contribution in [-0.4, -0.2) is 23.3 Å². The van der Waals surface area contributed by atoms with E-state index in [9.17, 15) is 9.18 Å². The van der Waals surface area contributed by atoms with Gasteiger partial charge in [-0.1, -0.05) is 0 Å². The zero-order valence-electron chi connectivity index (χ0n) is 6.74. The van der Waals surface area contributed by atoms with Crippen molar-refractivity contribution in [2.24, 2.45) is 0 Å². The molecule has 0 unspecified atom stereocenters. The molecule has 0 heterocycles. The number of hydrogen-bond acceptors (Lipinski definition) is 4. The molecule has 13 heavy (non-hydrogen) atoms. The van der Waals surface area contributed by atoms with Crippen LogP contribution in [0.15, 0.2) is 12.1 Å². The third kappa shape index (κ3) is 1.69. The second-order valence-electron chi connectivity index (χ2n) is 2.31. The molecule has 5 heteroatoms. The maximum absolute atomic E-state index is 12.7. The van der Waals surface area contributed by atoms with Gasteiger partial charge < -0.3 is 14.9 Å². The molecule has 1 aromatic rings. The number of methoxy groups -OCH3 is 1. The van der Waals surface area contributed by atoms with Gasteiger partial charge in [0.15, 0.2) is 11.6 Å². The van der Waals surface area contributed by atoms with Gasteiger partial charge in [-0.25, -0.2) is 9.18 Å². The molecule has 0 saturated carbocycles. The second kappa shape index (κ2) is 3.30. The van der Waals surface area contributed by atoms with Crippen molar-refractivity contribution in [1.82, 2.24) is 0 Å². The summed E-state index contributed by atoms with van der Waals surface area (Å²) in [6.07, 6.45) is 0. The molecular formula is C8H7FO4. The van der Waals surface area contributed by atoms with E-state index in [2.05, 4.69) is 4.74 Å². The highest BCUT2D eigenvalue weighted by Crippen LogP contribution is 2.26. The van der Waals surface area contributed by atoms with Gasteiger partial charge >= 0.3 is 5.97 Å². The molecular weight excluding hydrogens is 179 g/mol. The fourth-order valence-corrected chi connectivity index (χ4v) is 0.824. The van der Waals surface area contributed by atoms with E-state index in [0.29, 0.717) is 6.07 Å². The lowest BCUT2D eigenvalue weighted by Gasteiger charge is -2.03. The van der Waals surface area contributed by atoms with Gasteiger partial charge in [-0.3, -0.25) is 0 Å². The summed E-state index contributed by atoms with van der Waals surface area (Å²) in [5.41, 5.74) is -0.321. The summed E-state index contributed by atoms with van der Waals surface area (Å²) in [6.45, 7) is 0. The predicted octanol–water partition coefficient (Wildman–Crippen LogP) is 1.02. The molecule has 4 nitrogen and oxygen atoms in total. The second-order valence-corrected chi connectivity index (χ2v) is 2.31. The molecule has 0 radical (unpaired) electrons. The lowest BCUT2D eigenvalue weighted by Crippen LogP contribution is -2.02. The van der Waals surface area contributed by atoms with Gasteiger partial charge in [0.05, 0.1) is 7.11 Å². The van der Waals surface area contributed by atoms with E-state index in [0.717, 1.165) is 13.2 Å². The highest BCUT2D eigenvalue weighted by Gasteiger charge is 2.15. The molecule has 1 aromatic carbocycles. The lowest BCUT2D eigenvalue weighted by molar-refractivity contribution is 0.0597. The summed E-state index contributed by atoms with van der Waals surface area (Å²) in [5, 5.41) is 17.9. The fraction of sp³-hybridized carbons (Fsp3) is 0.125. The van der Waals surface area contributed by atoms with Crippen LogP contribution < -0.4 is 0 Å². The first kappa shape index (κ1) is 9.31. The smallest absolute Gasteiger partial charge is 0.341 e. The molecule has 0 aliphatic heterocycles. The van der Waals surface area contributed by atoms with Gasteiger partial charge in [0, 0.05) is 6.07 Å². The normalized spacial score (nSPS) is 9.69. The van der Waals surface area contributed by atoms with Gasteiger partial charge in [0.25, 0.3) is 0 Å². The Labute approximate surface area is 73.2 Å². The molecule has 0 aromatic heterocycles. The minimum Gasteiger partial charge on any atom is -0.507 e. The molecule has 1 rings (SSSR count). The van der Waals surface area contributed by atoms with Gasteiger partial charge in [0.2, 0.25) is 0 Å². The summed E-state index contributed by atoms with van der Waals surface area (Å²) >= 11 is 0. The molecule has 0 atom stereocenters. The Bertz CT molecular complexity index is 348. The van der Waals surface area contributed by atoms with E-state index < -0.39 is 23.3 Å². The highest BCUT2D eigenvalue weighted by molar-refractivity contribution is 5.92. The van der Waals surface area contributed by atoms with E-state index in [1.54, 1.807) is 0 Å². The van der Waals surface area contributed by atoms with Crippen molar-refractivity contribution in [1.29, 1.82) is 0 Å². The molecule has 0 amide bonds. The first-order valence-corrected chi connectivity index (χ1v) is 3.36. The zero-order valence-corrected chi connectivity index (χ0v) is 6.74. The van der Waals surface area contributed by atoms with Crippen molar-refractivity contribution in [3.8, 4) is 11.5 Å². The molecule has 70 valence electrons. The zero-order chi connectivity index (χ0) is 10.0. The van der Waals surface area contributed by atoms with Gasteiger partial charge in [-0.05, 0) is 6.07 Å². The van der Waals surface area contributed by atoms with Crippen LogP contribution in [-0.2, 0) is 4.74 Å². The van der Waals surface area contributed by atoms with Crippen molar-refractivity contribution in [2.45, 2.75) is 0 Å². The van der Waals surface area contributed by atoms with Crippen LogP contribution in [0, 0.1) is 5.82 Å². The molecule has 0 fully saturated rings. The van der Waals surface area contributed by atoms with Crippen molar-refractivity contribution in [3.05, 3.63) is 23.5 Å². The minimum absolute atomic E-state index is 0.321. The average molecular weight is 186 g/mol. The quantitative estimate of drug-likeness (QED) is 0.642. The van der Waals surface area contributed by atoms with Crippen LogP contribution in [0.4, 0.5) is 4.39 Å². The SMILES string of the molecule is COC(=O)c1cc(F)c(O)cc1O. The van der Waals surface area contributed by atoms with Crippen LogP contribution >= 0.6 is 0 Å². The lowest BCUT2D eigenvalue weighted by atomic mass is 10.2. The van der Waals surface area contributed by atoms with Gasteiger partial charge in [-0.15, -0.1) is 0 Å². The highest BCUT2D eigenvalue weighted by atomic mass is 19.1. The fourth-order valence-electron chi connectivity index (χ4n) is 0.824. The van der Waals surface area contributed by atoms with Crippen LogP contribution in [0.3, 0.4) is 0 Å². The van der Waals surface area contributed by atoms with Gasteiger partial charge in [0.1, 0.15) is 11.3 Å². The van der Waals surface area contributed by atoms with Crippen molar-refractivity contribution in [2.75, 3.05) is 7.11 Å². The maximum Gasteiger partial charge on any atom is 0.341 e. The van der Waals surface area contributed by atoms with Gasteiger partial charge in [-0.2, -0.15) is 0 Å². The molecule has 0 aliphatic rings. The Kier molecular flexibility index (Phi) is 2.36. The Hall–Kier alpha value is -1.78. The monoisotopic (exact) mass is 186 g/mol. The molecule has 0 aliphatic carbocycles. The van der Waals surface area contributed by atoms with Crippen molar-refractivity contribution >= 4 is 5.97 Å². The molecule has 0 spiro atoms. The Morgan fingerprint density at radius 1 is 1.38 bits per heavy atom. The number of phenolic OH excluding ortho intramolecular Hbond substituents is 2. The number of carbonyl (C=O) groups excluding carboxylic acids is 1. The van der Waals surface area contributed by atoms with E-state index in [1.165, 1.54) is 0 Å². The first-order chi connectivity index (χ1) is 6.06. The number of ether oxygens (including phenoxy) is 1. The number of halogens is 1.